The third kappa shape index (κ3) is 3.09. The Kier molecular flexibility index (Phi) is 4.13. The van der Waals surface area contributed by atoms with E-state index >= 15 is 0 Å². The van der Waals surface area contributed by atoms with E-state index in [0.717, 1.165) is 5.00 Å². The molecule has 0 fully saturated rings. The Balaban J connectivity index is 2.15. The zero-order valence-corrected chi connectivity index (χ0v) is 11.4. The number of ether oxygens (including phenoxy) is 1. The van der Waals surface area contributed by atoms with Crippen LogP contribution in [-0.2, 0) is 6.61 Å². The average molecular weight is 301 g/mol. The summed E-state index contributed by atoms with van der Waals surface area (Å²) in [6.45, 7) is 0.133. The van der Waals surface area contributed by atoms with Crippen molar-refractivity contribution in [1.82, 2.24) is 9.59 Å². The lowest BCUT2D eigenvalue weighted by atomic mass is 10.3. The first kappa shape index (κ1) is 13.5. The van der Waals surface area contributed by atoms with E-state index in [9.17, 15) is 10.1 Å². The summed E-state index contributed by atoms with van der Waals surface area (Å²) in [5.74, 6) is 0.242. The average Bonchev–Trinajstić information content (AvgIpc) is 2.85. The summed E-state index contributed by atoms with van der Waals surface area (Å²) in [6, 6.07) is 4.02. The van der Waals surface area contributed by atoms with Crippen molar-refractivity contribution in [3.8, 4) is 5.75 Å². The number of benzene rings is 1. The summed E-state index contributed by atoms with van der Waals surface area (Å²) >= 11 is 7.12. The van der Waals surface area contributed by atoms with Crippen molar-refractivity contribution in [3.05, 3.63) is 39.0 Å². The number of nitro benzene ring substituents is 1. The zero-order valence-electron chi connectivity index (χ0n) is 9.79. The maximum absolute atomic E-state index is 10.7. The molecule has 0 atom stereocenters. The maximum Gasteiger partial charge on any atom is 0.273 e. The molecular formula is C10H9ClN4O3S. The minimum atomic E-state index is -0.507. The van der Waals surface area contributed by atoms with Gasteiger partial charge in [0.1, 0.15) is 23.1 Å². The monoisotopic (exact) mass is 300 g/mol. The third-order valence-corrected chi connectivity index (χ3v) is 3.37. The summed E-state index contributed by atoms with van der Waals surface area (Å²) in [6.07, 6.45) is 0. The Morgan fingerprint density at radius 2 is 2.37 bits per heavy atom. The van der Waals surface area contributed by atoms with Gasteiger partial charge in [0.25, 0.3) is 5.69 Å². The van der Waals surface area contributed by atoms with Gasteiger partial charge in [-0.15, -0.1) is 5.10 Å². The van der Waals surface area contributed by atoms with Gasteiger partial charge in [-0.25, -0.2) is 0 Å². The summed E-state index contributed by atoms with van der Waals surface area (Å²) < 4.78 is 9.22. The highest BCUT2D eigenvalue weighted by Gasteiger charge is 2.13. The number of nitrogens with zero attached hydrogens (tertiary/aromatic N) is 3. The maximum atomic E-state index is 10.7. The standard InChI is InChI=1S/C10H9ClN4O3S/c1-12-10-8(13-14-19-10)5-18-9-4-6(15(16)17)2-3-7(9)11/h2-4,12H,5H2,1H3. The van der Waals surface area contributed by atoms with Gasteiger partial charge in [0, 0.05) is 24.6 Å². The van der Waals surface area contributed by atoms with Crippen molar-refractivity contribution < 1.29 is 9.66 Å². The lowest BCUT2D eigenvalue weighted by Crippen LogP contribution is -2.00. The fourth-order valence-corrected chi connectivity index (χ4v) is 2.04. The van der Waals surface area contributed by atoms with E-state index in [1.807, 2.05) is 0 Å². The van der Waals surface area contributed by atoms with Gasteiger partial charge in [-0.2, -0.15) is 0 Å². The predicted molar refractivity (Wildman–Crippen MR) is 71.9 cm³/mol. The molecule has 0 aliphatic heterocycles. The van der Waals surface area contributed by atoms with E-state index in [1.54, 1.807) is 7.05 Å². The van der Waals surface area contributed by atoms with Crippen LogP contribution in [0.15, 0.2) is 18.2 Å². The van der Waals surface area contributed by atoms with E-state index in [0.29, 0.717) is 10.7 Å². The van der Waals surface area contributed by atoms with Crippen LogP contribution in [0.4, 0.5) is 10.7 Å². The molecule has 0 unspecified atom stereocenters. The smallest absolute Gasteiger partial charge is 0.273 e. The molecular weight excluding hydrogens is 292 g/mol. The Bertz CT molecular complexity index is 604. The Hall–Kier alpha value is -1.93. The summed E-state index contributed by atoms with van der Waals surface area (Å²) in [5.41, 5.74) is 0.541. The number of aromatic nitrogens is 2. The van der Waals surface area contributed by atoms with Crippen molar-refractivity contribution in [2.24, 2.45) is 0 Å². The number of rotatable bonds is 5. The molecule has 0 saturated carbocycles. The van der Waals surface area contributed by atoms with Crippen LogP contribution in [0.5, 0.6) is 5.75 Å². The normalized spacial score (nSPS) is 10.2. The second-order valence-corrected chi connectivity index (χ2v) is 4.62. The molecule has 9 heteroatoms. The lowest BCUT2D eigenvalue weighted by molar-refractivity contribution is -0.384. The van der Waals surface area contributed by atoms with Crippen LogP contribution < -0.4 is 10.1 Å². The molecule has 7 nitrogen and oxygen atoms in total. The van der Waals surface area contributed by atoms with Gasteiger partial charge in [-0.3, -0.25) is 10.1 Å². The Morgan fingerprint density at radius 1 is 1.58 bits per heavy atom. The van der Waals surface area contributed by atoms with Crippen LogP contribution in [0.25, 0.3) is 0 Å². The molecule has 2 rings (SSSR count). The Morgan fingerprint density at radius 3 is 3.05 bits per heavy atom. The van der Waals surface area contributed by atoms with Gasteiger partial charge < -0.3 is 10.1 Å². The molecule has 0 radical (unpaired) electrons. The quantitative estimate of drug-likeness (QED) is 0.674. The second kappa shape index (κ2) is 5.81. The fraction of sp³-hybridized carbons (Fsp3) is 0.200. The van der Waals surface area contributed by atoms with Crippen LogP contribution >= 0.6 is 23.1 Å². The number of halogens is 1. The van der Waals surface area contributed by atoms with Crippen molar-refractivity contribution >= 4 is 33.8 Å². The van der Waals surface area contributed by atoms with Crippen molar-refractivity contribution in [2.45, 2.75) is 6.61 Å². The number of nitrogens with one attached hydrogen (secondary N) is 1. The minimum Gasteiger partial charge on any atom is -0.485 e. The number of nitro groups is 1. The molecule has 1 aromatic carbocycles. The number of non-ortho nitro benzene ring substituents is 1. The summed E-state index contributed by atoms with van der Waals surface area (Å²) in [5, 5.41) is 18.6. The molecule has 0 aliphatic rings. The van der Waals surface area contributed by atoms with Crippen molar-refractivity contribution in [3.63, 3.8) is 0 Å². The van der Waals surface area contributed by atoms with Gasteiger partial charge in [0.2, 0.25) is 0 Å². The molecule has 1 aromatic heterocycles. The molecule has 19 heavy (non-hydrogen) atoms. The highest BCUT2D eigenvalue weighted by molar-refractivity contribution is 7.10. The van der Waals surface area contributed by atoms with E-state index in [2.05, 4.69) is 14.9 Å². The predicted octanol–water partition coefficient (Wildman–Crippen LogP) is 2.72. The van der Waals surface area contributed by atoms with Gasteiger partial charge in [0.05, 0.1) is 16.0 Å². The summed E-state index contributed by atoms with van der Waals surface area (Å²) in [4.78, 5) is 10.2. The van der Waals surface area contributed by atoms with Crippen LogP contribution in [0.2, 0.25) is 5.02 Å². The molecule has 1 heterocycles. The van der Waals surface area contributed by atoms with Crippen LogP contribution in [0.3, 0.4) is 0 Å². The van der Waals surface area contributed by atoms with E-state index in [-0.39, 0.29) is 18.0 Å². The SMILES string of the molecule is CNc1snnc1COc1cc([N+](=O)[O-])ccc1Cl. The molecule has 0 saturated heterocycles. The van der Waals surface area contributed by atoms with Crippen LogP contribution in [0, 0.1) is 10.1 Å². The molecule has 0 amide bonds. The molecule has 100 valence electrons. The van der Waals surface area contributed by atoms with Crippen LogP contribution in [0.1, 0.15) is 5.69 Å². The molecule has 0 spiro atoms. The van der Waals surface area contributed by atoms with Gasteiger partial charge in [0.15, 0.2) is 0 Å². The third-order valence-electron chi connectivity index (χ3n) is 2.27. The molecule has 2 aromatic rings. The van der Waals surface area contributed by atoms with E-state index < -0.39 is 4.92 Å². The number of anilines is 1. The molecule has 1 N–H and O–H groups in total. The van der Waals surface area contributed by atoms with E-state index in [1.165, 1.54) is 29.7 Å². The van der Waals surface area contributed by atoms with Gasteiger partial charge in [-0.1, -0.05) is 16.1 Å². The fourth-order valence-electron chi connectivity index (χ4n) is 1.36. The first-order valence-corrected chi connectivity index (χ1v) is 6.32. The van der Waals surface area contributed by atoms with Gasteiger partial charge in [-0.05, 0) is 6.07 Å². The van der Waals surface area contributed by atoms with Crippen molar-refractivity contribution in [2.75, 3.05) is 12.4 Å². The lowest BCUT2D eigenvalue weighted by Gasteiger charge is -2.07. The topological polar surface area (TPSA) is 90.2 Å². The Labute approximate surface area is 117 Å². The number of hydrogen-bond acceptors (Lipinski definition) is 7. The largest absolute Gasteiger partial charge is 0.485 e. The van der Waals surface area contributed by atoms with Gasteiger partial charge >= 0.3 is 0 Å². The van der Waals surface area contributed by atoms with Crippen molar-refractivity contribution in [1.29, 1.82) is 0 Å². The molecule has 0 aliphatic carbocycles. The van der Waals surface area contributed by atoms with E-state index in [4.69, 9.17) is 16.3 Å². The number of hydrogen-bond donors (Lipinski definition) is 1. The second-order valence-electron chi connectivity index (χ2n) is 3.46. The first-order valence-electron chi connectivity index (χ1n) is 5.17. The van der Waals surface area contributed by atoms with Crippen LogP contribution in [-0.4, -0.2) is 21.6 Å². The first-order chi connectivity index (χ1) is 9.11. The minimum absolute atomic E-state index is 0.0790. The summed E-state index contributed by atoms with van der Waals surface area (Å²) in [7, 11) is 1.75. The zero-order chi connectivity index (χ0) is 13.8. The highest BCUT2D eigenvalue weighted by atomic mass is 35.5. The molecule has 0 bridgehead atoms. The highest BCUT2D eigenvalue weighted by Crippen LogP contribution is 2.30.